The van der Waals surface area contributed by atoms with Gasteiger partial charge in [-0.1, -0.05) is 11.6 Å². The number of aromatic amines is 1. The second-order valence-electron chi connectivity index (χ2n) is 5.51. The molecule has 2 aromatic heterocycles. The molecule has 8 nitrogen and oxygen atoms in total. The van der Waals surface area contributed by atoms with Gasteiger partial charge >= 0.3 is 0 Å². The smallest absolute Gasteiger partial charge is 0.273 e. The predicted molar refractivity (Wildman–Crippen MR) is 93.0 cm³/mol. The summed E-state index contributed by atoms with van der Waals surface area (Å²) in [5.74, 6) is -0.258. The molecule has 2 heterocycles. The molecule has 3 rings (SSSR count). The average Bonchev–Trinajstić information content (AvgIpc) is 3.07. The number of H-pyrrole nitrogens is 1. The molecule has 3 aromatic rings. The van der Waals surface area contributed by atoms with Gasteiger partial charge in [0.15, 0.2) is 12.3 Å². The van der Waals surface area contributed by atoms with E-state index in [2.05, 4.69) is 20.3 Å². The van der Waals surface area contributed by atoms with E-state index in [0.717, 1.165) is 6.07 Å². The van der Waals surface area contributed by atoms with Crippen molar-refractivity contribution in [1.29, 1.82) is 0 Å². The van der Waals surface area contributed by atoms with Crippen molar-refractivity contribution in [3.8, 4) is 5.75 Å². The fraction of sp³-hybridized carbons (Fsp3) is 0.176. The van der Waals surface area contributed by atoms with Crippen molar-refractivity contribution in [1.82, 2.24) is 20.3 Å². The number of nitrogens with one attached hydrogen (secondary N) is 2. The maximum absolute atomic E-state index is 13.0. The zero-order valence-electron chi connectivity index (χ0n) is 14.1. The predicted octanol–water partition coefficient (Wildman–Crippen LogP) is 2.37. The molecule has 27 heavy (non-hydrogen) atoms. The van der Waals surface area contributed by atoms with Gasteiger partial charge in [-0.15, -0.1) is 0 Å². The Kier molecular flexibility index (Phi) is 5.51. The molecule has 0 spiro atoms. The van der Waals surface area contributed by atoms with Crippen LogP contribution >= 0.6 is 11.6 Å². The van der Waals surface area contributed by atoms with Gasteiger partial charge in [-0.3, -0.25) is 9.59 Å². The molecule has 2 N–H and O–H groups in total. The van der Waals surface area contributed by atoms with Crippen LogP contribution in [-0.4, -0.2) is 20.9 Å². The van der Waals surface area contributed by atoms with Crippen LogP contribution in [0.5, 0.6) is 5.75 Å². The number of hydrogen-bond donors (Lipinski definition) is 2. The van der Waals surface area contributed by atoms with Gasteiger partial charge in [-0.25, -0.2) is 14.4 Å². The van der Waals surface area contributed by atoms with E-state index in [1.807, 2.05) is 0 Å². The normalized spacial score (nSPS) is 10.6. The first-order chi connectivity index (χ1) is 12.9. The molecule has 0 aliphatic heterocycles. The first kappa shape index (κ1) is 18.6. The molecule has 0 atom stereocenters. The number of carbonyl (C=O) groups excluding carboxylic acids is 1. The maximum Gasteiger partial charge on any atom is 0.273 e. The van der Waals surface area contributed by atoms with Gasteiger partial charge in [-0.05, 0) is 25.1 Å². The third kappa shape index (κ3) is 4.91. The van der Waals surface area contributed by atoms with Crippen LogP contribution in [0.3, 0.4) is 0 Å². The van der Waals surface area contributed by atoms with Crippen LogP contribution < -0.4 is 15.6 Å². The molecule has 0 aliphatic rings. The van der Waals surface area contributed by atoms with E-state index in [1.54, 1.807) is 6.92 Å². The van der Waals surface area contributed by atoms with Gasteiger partial charge in [0.2, 0.25) is 5.89 Å². The molecule has 0 bridgehead atoms. The summed E-state index contributed by atoms with van der Waals surface area (Å²) in [6.07, 6.45) is 1.17. The number of halogens is 2. The molecular weight excluding hydrogens is 379 g/mol. The monoisotopic (exact) mass is 392 g/mol. The topological polar surface area (TPSA) is 110 Å². The number of aryl methyl sites for hydroxylation is 1. The number of aromatic nitrogens is 3. The summed E-state index contributed by atoms with van der Waals surface area (Å²) in [5, 5.41) is 2.68. The number of hydrogen-bond acceptors (Lipinski definition) is 6. The molecule has 140 valence electrons. The van der Waals surface area contributed by atoms with E-state index in [-0.39, 0.29) is 41.1 Å². The summed E-state index contributed by atoms with van der Waals surface area (Å²) in [6, 6.07) is 5.06. The molecule has 1 aromatic carbocycles. The van der Waals surface area contributed by atoms with Crippen LogP contribution in [0.1, 0.15) is 27.9 Å². The molecule has 0 saturated heterocycles. The molecule has 0 fully saturated rings. The number of rotatable bonds is 6. The third-order valence-corrected chi connectivity index (χ3v) is 3.66. The number of carbonyl (C=O) groups is 1. The van der Waals surface area contributed by atoms with Crippen molar-refractivity contribution >= 4 is 17.5 Å². The lowest BCUT2D eigenvalue weighted by atomic mass is 10.3. The molecular formula is C17H14ClFN4O4. The van der Waals surface area contributed by atoms with Crippen LogP contribution in [0.2, 0.25) is 5.02 Å². The minimum atomic E-state index is -0.506. The van der Waals surface area contributed by atoms with Gasteiger partial charge in [0.1, 0.15) is 23.7 Å². The van der Waals surface area contributed by atoms with Crippen LogP contribution in [0.15, 0.2) is 39.7 Å². The Labute approximate surface area is 157 Å². The molecule has 0 saturated carbocycles. The number of nitrogens with zero attached hydrogens (tertiary/aromatic N) is 2. The highest BCUT2D eigenvalue weighted by Gasteiger charge is 2.13. The van der Waals surface area contributed by atoms with Gasteiger partial charge in [0.25, 0.3) is 11.5 Å². The zero-order chi connectivity index (χ0) is 19.4. The number of oxazole rings is 1. The Balaban J connectivity index is 1.57. The summed E-state index contributed by atoms with van der Waals surface area (Å²) in [7, 11) is 0. The Hall–Kier alpha value is -3.20. The first-order valence-corrected chi connectivity index (χ1v) is 8.16. The van der Waals surface area contributed by atoms with Crippen molar-refractivity contribution in [2.75, 3.05) is 0 Å². The number of ether oxygens (including phenoxy) is 1. The molecule has 0 unspecified atom stereocenters. The van der Waals surface area contributed by atoms with E-state index in [1.165, 1.54) is 24.5 Å². The van der Waals surface area contributed by atoms with Crippen LogP contribution in [0.4, 0.5) is 4.39 Å². The fourth-order valence-corrected chi connectivity index (χ4v) is 2.41. The number of benzene rings is 1. The second kappa shape index (κ2) is 8.00. The minimum Gasteiger partial charge on any atom is -0.482 e. The maximum atomic E-state index is 13.0. The van der Waals surface area contributed by atoms with Crippen molar-refractivity contribution in [3.63, 3.8) is 0 Å². The Bertz CT molecular complexity index is 1030. The molecule has 0 aliphatic carbocycles. The van der Waals surface area contributed by atoms with Gasteiger partial charge < -0.3 is 19.5 Å². The fourth-order valence-electron chi connectivity index (χ4n) is 2.19. The molecule has 0 radical (unpaired) electrons. The largest absolute Gasteiger partial charge is 0.482 e. The summed E-state index contributed by atoms with van der Waals surface area (Å²) in [6.45, 7) is 1.61. The summed E-state index contributed by atoms with van der Waals surface area (Å²) < 4.78 is 23.6. The quantitative estimate of drug-likeness (QED) is 0.666. The van der Waals surface area contributed by atoms with E-state index >= 15 is 0 Å². The van der Waals surface area contributed by atoms with E-state index < -0.39 is 11.7 Å². The lowest BCUT2D eigenvalue weighted by molar-refractivity contribution is 0.0944. The van der Waals surface area contributed by atoms with Gasteiger partial charge in [0.05, 0.1) is 11.6 Å². The van der Waals surface area contributed by atoms with Crippen molar-refractivity contribution in [3.05, 3.63) is 74.8 Å². The first-order valence-electron chi connectivity index (χ1n) is 7.78. The van der Waals surface area contributed by atoms with Crippen molar-refractivity contribution in [2.45, 2.75) is 20.1 Å². The Morgan fingerprint density at radius 2 is 2.19 bits per heavy atom. The van der Waals surface area contributed by atoms with E-state index in [4.69, 9.17) is 20.8 Å². The lowest BCUT2D eigenvalue weighted by Crippen LogP contribution is -2.26. The number of amides is 1. The van der Waals surface area contributed by atoms with E-state index in [9.17, 15) is 14.0 Å². The van der Waals surface area contributed by atoms with Crippen molar-refractivity contribution in [2.24, 2.45) is 0 Å². The van der Waals surface area contributed by atoms with Crippen LogP contribution in [-0.2, 0) is 13.2 Å². The van der Waals surface area contributed by atoms with Crippen molar-refractivity contribution < 1.29 is 18.3 Å². The highest BCUT2D eigenvalue weighted by molar-refractivity contribution is 6.32. The molecule has 10 heteroatoms. The average molecular weight is 393 g/mol. The SMILES string of the molecule is Cc1cc(=O)[nH]c(CNC(=O)c2coc(COc3ccc(F)cc3Cl)n2)n1. The lowest BCUT2D eigenvalue weighted by Gasteiger charge is -2.05. The standard InChI is InChI=1S/C17H14ClFN4O4/c1-9-4-15(24)23-14(21-9)6-20-17(25)12-7-27-16(22-12)8-26-13-3-2-10(19)5-11(13)18/h2-5,7H,6,8H2,1H3,(H,20,25)(H,21,23,24). The van der Waals surface area contributed by atoms with Gasteiger partial charge in [0, 0.05) is 11.8 Å². The second-order valence-corrected chi connectivity index (χ2v) is 5.91. The summed E-state index contributed by atoms with van der Waals surface area (Å²) in [5.41, 5.74) is 0.282. The third-order valence-electron chi connectivity index (χ3n) is 3.36. The minimum absolute atomic E-state index is 0.0274. The zero-order valence-corrected chi connectivity index (χ0v) is 14.8. The van der Waals surface area contributed by atoms with Crippen LogP contribution in [0.25, 0.3) is 0 Å². The Morgan fingerprint density at radius 1 is 1.37 bits per heavy atom. The Morgan fingerprint density at radius 3 is 2.93 bits per heavy atom. The van der Waals surface area contributed by atoms with Crippen LogP contribution in [0, 0.1) is 12.7 Å². The highest BCUT2D eigenvalue weighted by Crippen LogP contribution is 2.25. The van der Waals surface area contributed by atoms with Gasteiger partial charge in [-0.2, -0.15) is 0 Å². The summed E-state index contributed by atoms with van der Waals surface area (Å²) >= 11 is 5.86. The highest BCUT2D eigenvalue weighted by atomic mass is 35.5. The summed E-state index contributed by atoms with van der Waals surface area (Å²) in [4.78, 5) is 34.1. The molecule has 1 amide bonds. The van der Waals surface area contributed by atoms with E-state index in [0.29, 0.717) is 11.5 Å².